The topological polar surface area (TPSA) is 69.7 Å². The molecule has 2 bridgehead atoms. The first-order chi connectivity index (χ1) is 16.1. The maximum absolute atomic E-state index is 13.1. The van der Waals surface area contributed by atoms with E-state index in [2.05, 4.69) is 53.5 Å². The first kappa shape index (κ1) is 21.7. The van der Waals surface area contributed by atoms with Crippen molar-refractivity contribution < 1.29 is 9.53 Å². The highest BCUT2D eigenvalue weighted by Gasteiger charge is 2.48. The van der Waals surface area contributed by atoms with Crippen molar-refractivity contribution >= 4 is 28.3 Å². The van der Waals surface area contributed by atoms with E-state index in [1.54, 1.807) is 0 Å². The monoisotopic (exact) mass is 444 g/mol. The van der Waals surface area contributed by atoms with Crippen LogP contribution < -0.4 is 5.43 Å². The standard InChI is InChI=1S/C27H32N4O2/c1-4-17-16-31(2)24-15-21-19-12-8-9-13-22(19)28-26(21)23(14-20(17)25(24)27(32)33-3)30-29-18-10-6-5-7-11-18/h5-13,17,20,24-25,28-29H,4,14-16H2,1-3H3/b30-23+/t17-,20+,24-,25-/m0/s1. The van der Waals surface area contributed by atoms with E-state index in [-0.39, 0.29) is 23.8 Å². The third-order valence-corrected chi connectivity index (χ3v) is 7.61. The fraction of sp³-hybridized carbons (Fsp3) is 0.407. The van der Waals surface area contributed by atoms with E-state index in [0.717, 1.165) is 48.4 Å². The quantitative estimate of drug-likeness (QED) is 0.453. The van der Waals surface area contributed by atoms with Crippen molar-refractivity contribution in [1.29, 1.82) is 0 Å². The van der Waals surface area contributed by atoms with Gasteiger partial charge in [-0.2, -0.15) is 5.10 Å². The molecule has 0 saturated carbocycles. The number of rotatable bonds is 4. The number of fused-ring (bicyclic) bond motifs is 5. The van der Waals surface area contributed by atoms with E-state index < -0.39 is 0 Å². The van der Waals surface area contributed by atoms with Gasteiger partial charge in [-0.05, 0) is 55.5 Å². The summed E-state index contributed by atoms with van der Waals surface area (Å²) in [5, 5.41) is 6.12. The van der Waals surface area contributed by atoms with Crippen LogP contribution in [0.25, 0.3) is 10.9 Å². The summed E-state index contributed by atoms with van der Waals surface area (Å²) in [7, 11) is 3.67. The van der Waals surface area contributed by atoms with Gasteiger partial charge in [-0.3, -0.25) is 10.2 Å². The minimum Gasteiger partial charge on any atom is -0.469 e. The molecular weight excluding hydrogens is 412 g/mol. The van der Waals surface area contributed by atoms with Gasteiger partial charge in [0.25, 0.3) is 0 Å². The maximum Gasteiger partial charge on any atom is 0.310 e. The molecule has 2 N–H and O–H groups in total. The molecule has 2 aromatic carbocycles. The van der Waals surface area contributed by atoms with E-state index in [4.69, 9.17) is 9.84 Å². The summed E-state index contributed by atoms with van der Waals surface area (Å²) < 4.78 is 5.36. The number of aromatic amines is 1. The number of nitrogens with zero attached hydrogens (tertiary/aromatic N) is 2. The van der Waals surface area contributed by atoms with Crippen LogP contribution in [-0.4, -0.2) is 48.3 Å². The van der Waals surface area contributed by atoms with E-state index in [9.17, 15) is 4.79 Å². The minimum atomic E-state index is -0.178. The van der Waals surface area contributed by atoms with E-state index in [0.29, 0.717) is 5.92 Å². The first-order valence-corrected chi connectivity index (χ1v) is 11.9. The molecule has 0 unspecified atom stereocenters. The summed E-state index contributed by atoms with van der Waals surface area (Å²) in [6, 6.07) is 18.5. The summed E-state index contributed by atoms with van der Waals surface area (Å²) in [6.07, 6.45) is 2.53. The van der Waals surface area contributed by atoms with Crippen LogP contribution in [-0.2, 0) is 16.0 Å². The fourth-order valence-corrected chi connectivity index (χ4v) is 5.91. The Labute approximate surface area is 195 Å². The lowest BCUT2D eigenvalue weighted by Gasteiger charge is -2.48. The van der Waals surface area contributed by atoms with Crippen LogP contribution in [0.5, 0.6) is 0 Å². The second-order valence-electron chi connectivity index (χ2n) is 9.36. The molecule has 0 spiro atoms. The number of anilines is 1. The summed E-state index contributed by atoms with van der Waals surface area (Å²) in [5.74, 6) is 0.304. The van der Waals surface area contributed by atoms with Gasteiger partial charge in [0.05, 0.1) is 30.1 Å². The Morgan fingerprint density at radius 2 is 1.91 bits per heavy atom. The maximum atomic E-state index is 13.1. The number of carbonyl (C=O) groups excluding carboxylic acids is 1. The number of ether oxygens (including phenoxy) is 1. The Kier molecular flexibility index (Phi) is 5.94. The average Bonchev–Trinajstić information content (AvgIpc) is 3.20. The predicted molar refractivity (Wildman–Crippen MR) is 132 cm³/mol. The number of carbonyl (C=O) groups is 1. The number of H-pyrrole nitrogens is 1. The summed E-state index contributed by atoms with van der Waals surface area (Å²) in [4.78, 5) is 19.2. The van der Waals surface area contributed by atoms with Gasteiger partial charge >= 0.3 is 5.97 Å². The molecule has 1 aromatic heterocycles. The molecule has 33 heavy (non-hydrogen) atoms. The molecule has 5 rings (SSSR count). The van der Waals surface area contributed by atoms with Crippen LogP contribution in [0.3, 0.4) is 0 Å². The number of methoxy groups -OCH3 is 1. The van der Waals surface area contributed by atoms with Gasteiger partial charge < -0.3 is 14.6 Å². The number of aromatic nitrogens is 1. The number of nitrogens with one attached hydrogen (secondary N) is 2. The van der Waals surface area contributed by atoms with Crippen molar-refractivity contribution in [3.05, 3.63) is 65.9 Å². The van der Waals surface area contributed by atoms with Crippen LogP contribution in [0.4, 0.5) is 5.69 Å². The zero-order valence-corrected chi connectivity index (χ0v) is 19.5. The van der Waals surface area contributed by atoms with Crippen LogP contribution in [0, 0.1) is 17.8 Å². The van der Waals surface area contributed by atoms with Crippen molar-refractivity contribution in [3.63, 3.8) is 0 Å². The molecule has 172 valence electrons. The average molecular weight is 445 g/mol. The Balaban J connectivity index is 1.67. The molecule has 1 fully saturated rings. The number of hydrazone groups is 1. The van der Waals surface area contributed by atoms with Crippen molar-refractivity contribution in [2.24, 2.45) is 22.9 Å². The summed E-state index contributed by atoms with van der Waals surface area (Å²) in [6.45, 7) is 3.20. The smallest absolute Gasteiger partial charge is 0.310 e. The van der Waals surface area contributed by atoms with Gasteiger partial charge in [-0.15, -0.1) is 0 Å². The van der Waals surface area contributed by atoms with E-state index in [1.807, 2.05) is 30.3 Å². The molecule has 2 heterocycles. The van der Waals surface area contributed by atoms with Gasteiger partial charge in [0.15, 0.2) is 0 Å². The molecule has 3 aromatic rings. The Bertz CT molecular complexity index is 1170. The first-order valence-electron chi connectivity index (χ1n) is 11.9. The van der Waals surface area contributed by atoms with Crippen LogP contribution in [0.1, 0.15) is 31.0 Å². The molecule has 4 atom stereocenters. The third kappa shape index (κ3) is 3.93. The van der Waals surface area contributed by atoms with Gasteiger partial charge in [0.1, 0.15) is 0 Å². The summed E-state index contributed by atoms with van der Waals surface area (Å²) in [5.41, 5.74) is 8.61. The molecule has 0 amide bonds. The lowest BCUT2D eigenvalue weighted by atomic mass is 9.67. The number of benzene rings is 2. The van der Waals surface area contributed by atoms with Gasteiger partial charge in [0.2, 0.25) is 0 Å². The number of hydrogen-bond acceptors (Lipinski definition) is 5. The van der Waals surface area contributed by atoms with Crippen LogP contribution in [0.2, 0.25) is 0 Å². The molecular formula is C27H32N4O2. The number of hydrogen-bond donors (Lipinski definition) is 2. The highest BCUT2D eigenvalue weighted by molar-refractivity contribution is 6.06. The normalized spacial score (nSPS) is 26.5. The minimum absolute atomic E-state index is 0.103. The van der Waals surface area contributed by atoms with E-state index >= 15 is 0 Å². The largest absolute Gasteiger partial charge is 0.469 e. The molecule has 1 aliphatic carbocycles. The lowest BCUT2D eigenvalue weighted by Crippen LogP contribution is -2.56. The molecule has 6 nitrogen and oxygen atoms in total. The highest BCUT2D eigenvalue weighted by atomic mass is 16.5. The second-order valence-corrected chi connectivity index (χ2v) is 9.36. The van der Waals surface area contributed by atoms with Crippen molar-refractivity contribution in [2.75, 3.05) is 26.1 Å². The number of para-hydroxylation sites is 2. The Hall–Kier alpha value is -3.12. The molecule has 0 radical (unpaired) electrons. The zero-order valence-electron chi connectivity index (χ0n) is 19.5. The van der Waals surface area contributed by atoms with Crippen molar-refractivity contribution in [2.45, 2.75) is 32.2 Å². The molecule has 1 aliphatic heterocycles. The molecule has 2 aliphatic rings. The Morgan fingerprint density at radius 3 is 2.67 bits per heavy atom. The Morgan fingerprint density at radius 1 is 1.15 bits per heavy atom. The van der Waals surface area contributed by atoms with Crippen molar-refractivity contribution in [3.8, 4) is 0 Å². The number of likely N-dealkylation sites (tertiary alicyclic amines) is 1. The molecule has 6 heteroatoms. The van der Waals surface area contributed by atoms with Crippen LogP contribution in [0.15, 0.2) is 59.7 Å². The number of likely N-dealkylation sites (N-methyl/N-ethyl adjacent to an activating group) is 1. The van der Waals surface area contributed by atoms with Crippen molar-refractivity contribution in [1.82, 2.24) is 9.88 Å². The fourth-order valence-electron chi connectivity index (χ4n) is 5.91. The molecule has 1 saturated heterocycles. The summed E-state index contributed by atoms with van der Waals surface area (Å²) >= 11 is 0. The zero-order chi connectivity index (χ0) is 22.9. The van der Waals surface area contributed by atoms with Gasteiger partial charge in [0, 0.05) is 23.5 Å². The third-order valence-electron chi connectivity index (χ3n) is 7.61. The van der Waals surface area contributed by atoms with Gasteiger partial charge in [-0.1, -0.05) is 49.7 Å². The van der Waals surface area contributed by atoms with E-state index in [1.165, 1.54) is 18.1 Å². The highest BCUT2D eigenvalue weighted by Crippen LogP contribution is 2.42. The lowest BCUT2D eigenvalue weighted by molar-refractivity contribution is -0.154. The number of esters is 1. The number of piperidine rings is 1. The predicted octanol–water partition coefficient (Wildman–Crippen LogP) is 4.68. The van der Waals surface area contributed by atoms with Gasteiger partial charge in [-0.25, -0.2) is 0 Å². The SMILES string of the molecule is CC[C@H]1CN(C)[C@H]2Cc3c([nH]c4ccccc34)/C(=N/Nc3ccccc3)C[C@H]1[C@@H]2C(=O)OC. The van der Waals surface area contributed by atoms with Crippen LogP contribution >= 0.6 is 0 Å². The second kappa shape index (κ2) is 9.02.